The first kappa shape index (κ1) is 48.1. The molecule has 2 heterocycles. The molecule has 7 aromatic rings. The second-order valence-corrected chi connectivity index (χ2v) is 16.3. The Morgan fingerprint density at radius 3 is 1.45 bits per heavy atom. The zero-order chi connectivity index (χ0) is 43.5. The molecule has 1 aromatic heterocycles. The van der Waals surface area contributed by atoms with Crippen molar-refractivity contribution in [2.45, 2.75) is 30.6 Å². The number of rotatable bonds is 12. The molecule has 1 aliphatic heterocycles. The summed E-state index contributed by atoms with van der Waals surface area (Å²) in [7, 11) is 2.54. The van der Waals surface area contributed by atoms with Gasteiger partial charge in [-0.1, -0.05) is 115 Å². The van der Waals surface area contributed by atoms with Crippen LogP contribution in [0.4, 0.5) is 5.69 Å². The number of carbonyl (C=O) groups is 4. The molecular weight excluding hydrogens is 933 g/mol. The molecule has 5 atom stereocenters. The fraction of sp³-hybridized carbons (Fsp3) is 0.125. The van der Waals surface area contributed by atoms with E-state index in [2.05, 4.69) is 0 Å². The Kier molecular flexibility index (Phi) is 17.0. The van der Waals surface area contributed by atoms with Crippen LogP contribution in [0.3, 0.4) is 0 Å². The highest BCUT2D eigenvalue weighted by Crippen LogP contribution is 2.32. The molecule has 332 valence electrons. The van der Waals surface area contributed by atoms with Gasteiger partial charge in [-0.2, -0.15) is 0 Å². The van der Waals surface area contributed by atoms with E-state index in [0.29, 0.717) is 26.0 Å². The number of esters is 4. The predicted molar refractivity (Wildman–Crippen MR) is 251 cm³/mol. The van der Waals surface area contributed by atoms with Gasteiger partial charge in [-0.3, -0.25) is 4.57 Å². The van der Waals surface area contributed by atoms with E-state index in [-0.39, 0.29) is 47.1 Å². The summed E-state index contributed by atoms with van der Waals surface area (Å²) in [6, 6.07) is 49.3. The number of nitrogens with zero attached hydrogens (tertiary/aromatic N) is 3. The summed E-state index contributed by atoms with van der Waals surface area (Å²) in [6.45, 7) is -0.503. The number of benzene rings is 6. The number of aromatic nitrogens is 1. The lowest BCUT2D eigenvalue weighted by Crippen LogP contribution is -2.62. The number of hydrogen-bond donors (Lipinski definition) is 0. The van der Waals surface area contributed by atoms with Gasteiger partial charge in [0.2, 0.25) is 9.60 Å². The minimum absolute atomic E-state index is 0. The number of carbonyl (C=O) groups excluding carboxylic acids is 4. The standard InChI is InChI=1S/C48H36ClN3O9S2.2ClH/c49-36-28-16-17-29-37(36)52-47(50-35-26-14-5-15-27-35)62-63-48(52)51-42-41(61-46(56)34-24-12-4-13-25-34)40(60-45(55)33-22-10-3-11-23-33)39(59-44(54)32-20-8-2-9-21-32)38(58-42)30-57-43(53)31-18-6-1-7-19-31;;/h1-29,38-42H,30H2;2*1H/b50-47?,51-48-;;/t38-,39-,40+,41-,42-;;/m1../s1. The van der Waals surface area contributed by atoms with Gasteiger partial charge in [0.25, 0.3) is 0 Å². The lowest BCUT2D eigenvalue weighted by atomic mass is 9.97. The number of para-hydroxylation sites is 2. The maximum atomic E-state index is 14.1. The summed E-state index contributed by atoms with van der Waals surface area (Å²) in [6.07, 6.45) is -7.51. The number of hydrogen-bond acceptors (Lipinski definition) is 13. The first-order valence-electron chi connectivity index (χ1n) is 19.6. The monoisotopic (exact) mass is 969 g/mol. The first-order valence-corrected chi connectivity index (χ1v) is 22.1. The summed E-state index contributed by atoms with van der Waals surface area (Å²) < 4.78 is 32.9. The number of ether oxygens (including phenoxy) is 5. The van der Waals surface area contributed by atoms with Gasteiger partial charge in [-0.25, -0.2) is 29.2 Å². The van der Waals surface area contributed by atoms with Crippen molar-refractivity contribution in [3.05, 3.63) is 213 Å². The predicted octanol–water partition coefficient (Wildman–Crippen LogP) is 9.49. The lowest BCUT2D eigenvalue weighted by Gasteiger charge is -2.43. The van der Waals surface area contributed by atoms with Crippen LogP contribution in [0.1, 0.15) is 41.4 Å². The van der Waals surface area contributed by atoms with Crippen molar-refractivity contribution in [1.29, 1.82) is 0 Å². The van der Waals surface area contributed by atoms with Gasteiger partial charge in [-0.15, -0.1) is 24.8 Å². The normalized spacial score (nSPS) is 18.3. The molecule has 17 heteroatoms. The molecule has 0 aliphatic carbocycles. The van der Waals surface area contributed by atoms with Crippen LogP contribution < -0.4 is 9.60 Å². The van der Waals surface area contributed by atoms with Crippen molar-refractivity contribution in [2.24, 2.45) is 9.98 Å². The lowest BCUT2D eigenvalue weighted by molar-refractivity contribution is -0.227. The van der Waals surface area contributed by atoms with Gasteiger partial charge in [-0.05, 0) is 93.5 Å². The molecule has 1 saturated heterocycles. The largest absolute Gasteiger partial charge is 0.459 e. The third kappa shape index (κ3) is 11.9. The molecule has 1 fully saturated rings. The van der Waals surface area contributed by atoms with E-state index < -0.39 is 61.1 Å². The molecule has 0 saturated carbocycles. The van der Waals surface area contributed by atoms with Gasteiger partial charge >= 0.3 is 23.9 Å². The Morgan fingerprint density at radius 2 is 0.938 bits per heavy atom. The summed E-state index contributed by atoms with van der Waals surface area (Å²) in [5.74, 6) is -3.13. The van der Waals surface area contributed by atoms with Crippen LogP contribution in [0.2, 0.25) is 5.02 Å². The van der Waals surface area contributed by atoms with Gasteiger partial charge in [0, 0.05) is 0 Å². The van der Waals surface area contributed by atoms with E-state index in [1.807, 2.05) is 36.4 Å². The van der Waals surface area contributed by atoms with Crippen LogP contribution in [0, 0.1) is 0 Å². The second kappa shape index (κ2) is 23.0. The summed E-state index contributed by atoms with van der Waals surface area (Å²) >= 11 is 6.82. The highest BCUT2D eigenvalue weighted by molar-refractivity contribution is 7.67. The molecule has 1 aliphatic rings. The fourth-order valence-corrected chi connectivity index (χ4v) is 8.96. The van der Waals surface area contributed by atoms with E-state index in [0.717, 1.165) is 0 Å². The van der Waals surface area contributed by atoms with Gasteiger partial charge in [0.15, 0.2) is 24.5 Å². The smallest absolute Gasteiger partial charge is 0.338 e. The van der Waals surface area contributed by atoms with E-state index in [1.165, 1.54) is 20.7 Å². The molecule has 0 bridgehead atoms. The van der Waals surface area contributed by atoms with Crippen LogP contribution in [0.5, 0.6) is 0 Å². The van der Waals surface area contributed by atoms with Crippen LogP contribution in [0.25, 0.3) is 5.69 Å². The highest BCUT2D eigenvalue weighted by atomic mass is 35.5. The zero-order valence-electron chi connectivity index (χ0n) is 33.9. The van der Waals surface area contributed by atoms with Crippen LogP contribution in [-0.4, -0.2) is 65.7 Å². The van der Waals surface area contributed by atoms with Crippen molar-refractivity contribution in [2.75, 3.05) is 6.61 Å². The van der Waals surface area contributed by atoms with Crippen molar-refractivity contribution in [3.63, 3.8) is 0 Å². The minimum atomic E-state index is -1.59. The summed E-state index contributed by atoms with van der Waals surface area (Å²) in [5, 5.41) is 0.388. The van der Waals surface area contributed by atoms with Crippen molar-refractivity contribution < 1.29 is 42.9 Å². The molecule has 6 aromatic carbocycles. The molecule has 0 N–H and O–H groups in total. The average Bonchev–Trinajstić information content (AvgIpc) is 3.72. The van der Waals surface area contributed by atoms with Crippen molar-refractivity contribution in [1.82, 2.24) is 4.57 Å². The van der Waals surface area contributed by atoms with Crippen LogP contribution in [0.15, 0.2) is 186 Å². The maximum absolute atomic E-state index is 14.1. The van der Waals surface area contributed by atoms with Crippen LogP contribution >= 0.6 is 57.1 Å². The molecular formula is C48H38Cl3N3O9S2. The molecule has 8 rings (SSSR count). The van der Waals surface area contributed by atoms with E-state index in [1.54, 1.807) is 144 Å². The third-order valence-corrected chi connectivity index (χ3v) is 12.0. The van der Waals surface area contributed by atoms with Gasteiger partial charge < -0.3 is 23.7 Å². The number of halogens is 3. The minimum Gasteiger partial charge on any atom is -0.459 e. The SMILES string of the molecule is Cl.Cl.O=C(OC[C@H]1O[C@@H](/N=c2\ssc(=Nc3ccccc3)n2-c2ccccc2Cl)[C@H](OC(=O)c2ccccc2)[C@@H](OC(=O)c2ccccc2)[C@@H]1OC(=O)c1ccccc1)c1ccccc1. The molecule has 0 radical (unpaired) electrons. The maximum Gasteiger partial charge on any atom is 0.338 e. The van der Waals surface area contributed by atoms with Gasteiger partial charge in [0.05, 0.1) is 38.7 Å². The van der Waals surface area contributed by atoms with Crippen LogP contribution in [-0.2, 0) is 23.7 Å². The Bertz CT molecular complexity index is 2830. The highest BCUT2D eigenvalue weighted by Gasteiger charge is 2.53. The molecule has 0 unspecified atom stereocenters. The Labute approximate surface area is 397 Å². The molecule has 12 nitrogen and oxygen atoms in total. The van der Waals surface area contributed by atoms with Gasteiger partial charge in [0.1, 0.15) is 12.7 Å². The van der Waals surface area contributed by atoms with E-state index in [9.17, 15) is 19.2 Å². The molecule has 65 heavy (non-hydrogen) atoms. The third-order valence-electron chi connectivity index (χ3n) is 9.64. The van der Waals surface area contributed by atoms with E-state index in [4.69, 9.17) is 45.3 Å². The molecule has 0 spiro atoms. The summed E-state index contributed by atoms with van der Waals surface area (Å²) in [5.41, 5.74) is 1.97. The van der Waals surface area contributed by atoms with Crippen molar-refractivity contribution >= 4 is 86.7 Å². The topological polar surface area (TPSA) is 144 Å². The quantitative estimate of drug-likeness (QED) is 0.0665. The van der Waals surface area contributed by atoms with Crippen molar-refractivity contribution in [3.8, 4) is 5.69 Å². The first-order chi connectivity index (χ1) is 30.8. The Hall–Kier alpha value is -6.39. The zero-order valence-corrected chi connectivity index (χ0v) is 37.9. The fourth-order valence-electron chi connectivity index (χ4n) is 6.59. The summed E-state index contributed by atoms with van der Waals surface area (Å²) in [4.78, 5) is 66.3. The average molecular weight is 971 g/mol. The second-order valence-electron chi connectivity index (χ2n) is 13.8. The van der Waals surface area contributed by atoms with E-state index >= 15 is 0 Å². The Balaban J connectivity index is 0.00000350. The molecule has 0 amide bonds. The Morgan fingerprint density at radius 1 is 0.523 bits per heavy atom.